The molecule has 1 saturated carbocycles. The summed E-state index contributed by atoms with van der Waals surface area (Å²) in [5.41, 5.74) is -0.321. The predicted octanol–water partition coefficient (Wildman–Crippen LogP) is 4.70. The Labute approximate surface area is 124 Å². The SMILES string of the molecule is CCCCCC(Cl)(Cl)C(Cl)C1C(C(=O)O)C1(C)C. The van der Waals surface area contributed by atoms with Crippen molar-refractivity contribution in [1.29, 1.82) is 0 Å². The lowest BCUT2D eigenvalue weighted by Gasteiger charge is -2.26. The first-order valence-corrected chi connectivity index (χ1v) is 7.60. The van der Waals surface area contributed by atoms with Crippen LogP contribution in [0.2, 0.25) is 0 Å². The van der Waals surface area contributed by atoms with Crippen LogP contribution < -0.4 is 0 Å². The highest BCUT2D eigenvalue weighted by Gasteiger charge is 2.67. The first-order valence-electron chi connectivity index (χ1n) is 6.41. The van der Waals surface area contributed by atoms with Gasteiger partial charge in [-0.3, -0.25) is 4.79 Å². The third kappa shape index (κ3) is 3.26. The van der Waals surface area contributed by atoms with E-state index in [0.29, 0.717) is 6.42 Å². The van der Waals surface area contributed by atoms with Gasteiger partial charge in [-0.25, -0.2) is 0 Å². The molecule has 3 unspecified atom stereocenters. The molecule has 1 N–H and O–H groups in total. The summed E-state index contributed by atoms with van der Waals surface area (Å²) >= 11 is 18.9. The molecule has 0 saturated heterocycles. The molecule has 1 aliphatic rings. The largest absolute Gasteiger partial charge is 0.481 e. The van der Waals surface area contributed by atoms with Gasteiger partial charge in [0.2, 0.25) is 0 Å². The smallest absolute Gasteiger partial charge is 0.307 e. The third-order valence-electron chi connectivity index (χ3n) is 4.01. The van der Waals surface area contributed by atoms with E-state index in [2.05, 4.69) is 6.92 Å². The van der Waals surface area contributed by atoms with Crippen molar-refractivity contribution in [2.45, 2.75) is 56.2 Å². The zero-order valence-corrected chi connectivity index (χ0v) is 13.3. The van der Waals surface area contributed by atoms with E-state index >= 15 is 0 Å². The van der Waals surface area contributed by atoms with Gasteiger partial charge < -0.3 is 5.11 Å². The highest BCUT2D eigenvalue weighted by Crippen LogP contribution is 2.64. The fourth-order valence-electron chi connectivity index (χ4n) is 2.71. The molecule has 0 amide bonds. The number of aliphatic carboxylic acids is 1. The summed E-state index contributed by atoms with van der Waals surface area (Å²) in [5.74, 6) is -1.41. The Bertz CT molecular complexity index is 315. The molecule has 18 heavy (non-hydrogen) atoms. The van der Waals surface area contributed by atoms with Gasteiger partial charge in [0.1, 0.15) is 4.33 Å². The second-order valence-corrected chi connectivity index (χ2v) is 7.80. The van der Waals surface area contributed by atoms with Crippen molar-refractivity contribution >= 4 is 40.8 Å². The van der Waals surface area contributed by atoms with Crippen LogP contribution in [0.4, 0.5) is 0 Å². The zero-order valence-electron chi connectivity index (χ0n) is 11.0. The fourth-order valence-corrected chi connectivity index (χ4v) is 3.82. The van der Waals surface area contributed by atoms with Crippen molar-refractivity contribution in [1.82, 2.24) is 0 Å². The number of alkyl halides is 3. The molecule has 1 fully saturated rings. The standard InChI is InChI=1S/C13H21Cl3O2/c1-4-5-6-7-13(15,16)10(14)8-9(11(17)18)12(8,2)3/h8-10H,4-7H2,1-3H3,(H,17,18). The minimum Gasteiger partial charge on any atom is -0.481 e. The molecule has 0 aromatic carbocycles. The summed E-state index contributed by atoms with van der Waals surface area (Å²) in [7, 11) is 0. The molecule has 0 heterocycles. The van der Waals surface area contributed by atoms with Gasteiger partial charge in [0, 0.05) is 0 Å². The maximum atomic E-state index is 11.1. The molecule has 0 aliphatic heterocycles. The number of hydrogen-bond acceptors (Lipinski definition) is 1. The molecule has 0 spiro atoms. The Morgan fingerprint density at radius 1 is 1.39 bits per heavy atom. The normalized spacial score (nSPS) is 27.9. The van der Waals surface area contributed by atoms with Gasteiger partial charge >= 0.3 is 5.97 Å². The minimum atomic E-state index is -1.04. The van der Waals surface area contributed by atoms with Gasteiger partial charge in [-0.2, -0.15) is 0 Å². The molecule has 2 nitrogen and oxygen atoms in total. The summed E-state index contributed by atoms with van der Waals surface area (Å²) in [5, 5.41) is 8.62. The van der Waals surface area contributed by atoms with Crippen LogP contribution in [0.1, 0.15) is 46.5 Å². The molecule has 106 valence electrons. The van der Waals surface area contributed by atoms with Crippen molar-refractivity contribution in [3.8, 4) is 0 Å². The monoisotopic (exact) mass is 314 g/mol. The number of hydrogen-bond donors (Lipinski definition) is 1. The highest BCUT2D eigenvalue weighted by atomic mass is 35.5. The van der Waals surface area contributed by atoms with E-state index < -0.39 is 21.6 Å². The predicted molar refractivity (Wildman–Crippen MR) is 76.6 cm³/mol. The summed E-state index contributed by atoms with van der Waals surface area (Å²) < 4.78 is -1.04. The van der Waals surface area contributed by atoms with E-state index in [0.717, 1.165) is 19.3 Å². The zero-order chi connectivity index (χ0) is 14.1. The van der Waals surface area contributed by atoms with Gasteiger partial charge in [-0.15, -0.1) is 34.8 Å². The number of unbranched alkanes of at least 4 members (excludes halogenated alkanes) is 2. The number of carboxylic acid groups (broad SMARTS) is 1. The van der Waals surface area contributed by atoms with Crippen LogP contribution in [0.5, 0.6) is 0 Å². The van der Waals surface area contributed by atoms with Crippen LogP contribution in [0.3, 0.4) is 0 Å². The molecule has 3 atom stereocenters. The molecule has 0 radical (unpaired) electrons. The second kappa shape index (κ2) is 5.76. The second-order valence-electron chi connectivity index (χ2n) is 5.78. The van der Waals surface area contributed by atoms with Crippen LogP contribution in [0.15, 0.2) is 0 Å². The van der Waals surface area contributed by atoms with Crippen molar-refractivity contribution < 1.29 is 9.90 Å². The lowest BCUT2D eigenvalue weighted by Crippen LogP contribution is -2.30. The Balaban J connectivity index is 2.64. The van der Waals surface area contributed by atoms with Gasteiger partial charge in [0.15, 0.2) is 0 Å². The lowest BCUT2D eigenvalue weighted by atomic mass is 10.0. The van der Waals surface area contributed by atoms with Gasteiger partial charge in [-0.1, -0.05) is 40.0 Å². The lowest BCUT2D eigenvalue weighted by molar-refractivity contribution is -0.139. The molecule has 0 aromatic rings. The van der Waals surface area contributed by atoms with Crippen LogP contribution >= 0.6 is 34.8 Å². The Morgan fingerprint density at radius 3 is 2.33 bits per heavy atom. The van der Waals surface area contributed by atoms with Gasteiger partial charge in [-0.05, 0) is 17.8 Å². The van der Waals surface area contributed by atoms with Crippen LogP contribution in [-0.4, -0.2) is 20.8 Å². The molecular formula is C13H21Cl3O2. The van der Waals surface area contributed by atoms with E-state index in [-0.39, 0.29) is 11.3 Å². The van der Waals surface area contributed by atoms with Crippen molar-refractivity contribution in [3.63, 3.8) is 0 Å². The van der Waals surface area contributed by atoms with E-state index in [9.17, 15) is 4.79 Å². The number of carbonyl (C=O) groups is 1. The maximum Gasteiger partial charge on any atom is 0.307 e. The van der Waals surface area contributed by atoms with Crippen molar-refractivity contribution in [2.24, 2.45) is 17.3 Å². The number of rotatable bonds is 7. The molecule has 0 aromatic heterocycles. The topological polar surface area (TPSA) is 37.3 Å². The summed E-state index contributed by atoms with van der Waals surface area (Å²) in [4.78, 5) is 11.1. The van der Waals surface area contributed by atoms with E-state index in [1.807, 2.05) is 13.8 Å². The van der Waals surface area contributed by atoms with E-state index in [1.165, 1.54) is 0 Å². The summed E-state index contributed by atoms with van der Waals surface area (Å²) in [6.07, 6.45) is 3.67. The van der Waals surface area contributed by atoms with E-state index in [1.54, 1.807) is 0 Å². The average Bonchev–Trinajstić information content (AvgIpc) is 2.80. The number of carboxylic acids is 1. The summed E-state index contributed by atoms with van der Waals surface area (Å²) in [6.45, 7) is 5.91. The summed E-state index contributed by atoms with van der Waals surface area (Å²) in [6, 6.07) is 0. The van der Waals surface area contributed by atoms with Gasteiger partial charge in [0.25, 0.3) is 0 Å². The van der Waals surface area contributed by atoms with Crippen molar-refractivity contribution in [2.75, 3.05) is 0 Å². The minimum absolute atomic E-state index is 0.159. The first-order chi connectivity index (χ1) is 8.16. The molecule has 0 bridgehead atoms. The fraction of sp³-hybridized carbons (Fsp3) is 0.923. The van der Waals surface area contributed by atoms with Crippen molar-refractivity contribution in [3.05, 3.63) is 0 Å². The Kier molecular flexibility index (Phi) is 5.25. The average molecular weight is 316 g/mol. The molecular weight excluding hydrogens is 295 g/mol. The Hall–Kier alpha value is 0.340. The molecule has 5 heteroatoms. The Morgan fingerprint density at radius 2 is 1.94 bits per heavy atom. The first kappa shape index (κ1) is 16.4. The maximum absolute atomic E-state index is 11.1. The molecule has 1 rings (SSSR count). The van der Waals surface area contributed by atoms with Crippen LogP contribution in [-0.2, 0) is 4.79 Å². The molecule has 1 aliphatic carbocycles. The van der Waals surface area contributed by atoms with E-state index in [4.69, 9.17) is 39.9 Å². The number of halogens is 3. The quantitative estimate of drug-likeness (QED) is 0.546. The van der Waals surface area contributed by atoms with Crippen LogP contribution in [0, 0.1) is 17.3 Å². The van der Waals surface area contributed by atoms with Crippen LogP contribution in [0.25, 0.3) is 0 Å². The van der Waals surface area contributed by atoms with Gasteiger partial charge in [0.05, 0.1) is 11.3 Å². The third-order valence-corrected chi connectivity index (χ3v) is 5.72. The highest BCUT2D eigenvalue weighted by molar-refractivity contribution is 6.52.